The van der Waals surface area contributed by atoms with E-state index in [-0.39, 0.29) is 10.8 Å². The number of nitrogens with zero attached hydrogens (tertiary/aromatic N) is 3. The predicted octanol–water partition coefficient (Wildman–Crippen LogP) is 2.92. The molecular weight excluding hydrogens is 246 g/mol. The number of aromatic nitrogens is 2. The summed E-state index contributed by atoms with van der Waals surface area (Å²) < 4.78 is 5.00. The van der Waals surface area contributed by atoms with E-state index >= 15 is 0 Å². The molecule has 0 unspecified atom stereocenters. The smallest absolute Gasteiger partial charge is 0.307 e. The lowest BCUT2D eigenvalue weighted by molar-refractivity contribution is -0.385. The number of nitro groups is 1. The van der Waals surface area contributed by atoms with Gasteiger partial charge in [-0.25, -0.2) is 4.98 Å². The second kappa shape index (κ2) is 4.14. The van der Waals surface area contributed by atoms with E-state index in [1.807, 2.05) is 0 Å². The molecule has 88 valence electrons. The fourth-order valence-corrected chi connectivity index (χ4v) is 1.77. The van der Waals surface area contributed by atoms with E-state index in [1.165, 1.54) is 12.3 Å². The lowest BCUT2D eigenvalue weighted by Gasteiger charge is -2.00. The van der Waals surface area contributed by atoms with Crippen LogP contribution in [0.25, 0.3) is 11.1 Å². The van der Waals surface area contributed by atoms with Gasteiger partial charge in [-0.15, -0.1) is 0 Å². The highest BCUT2D eigenvalue weighted by atomic mass is 35.5. The van der Waals surface area contributed by atoms with Gasteiger partial charge in [-0.3, -0.25) is 10.1 Å². The van der Waals surface area contributed by atoms with Crippen molar-refractivity contribution in [1.82, 2.24) is 10.1 Å². The SMILES string of the molecule is Cc1noc(C)c1-c1cnc(Cl)c([N+](=O)[O-])c1. The van der Waals surface area contributed by atoms with E-state index in [2.05, 4.69) is 10.1 Å². The van der Waals surface area contributed by atoms with Crippen LogP contribution in [-0.4, -0.2) is 15.1 Å². The Kier molecular flexibility index (Phi) is 2.81. The zero-order valence-corrected chi connectivity index (χ0v) is 9.85. The highest BCUT2D eigenvalue weighted by Crippen LogP contribution is 2.31. The van der Waals surface area contributed by atoms with Crippen molar-refractivity contribution in [3.8, 4) is 11.1 Å². The third-order valence-electron chi connectivity index (χ3n) is 2.34. The molecule has 2 aromatic heterocycles. The van der Waals surface area contributed by atoms with Crippen LogP contribution in [0.1, 0.15) is 11.5 Å². The number of rotatable bonds is 2. The summed E-state index contributed by atoms with van der Waals surface area (Å²) in [4.78, 5) is 14.0. The normalized spacial score (nSPS) is 10.5. The summed E-state index contributed by atoms with van der Waals surface area (Å²) in [6, 6.07) is 1.36. The van der Waals surface area contributed by atoms with Crippen LogP contribution in [0.15, 0.2) is 16.8 Å². The summed E-state index contributed by atoms with van der Waals surface area (Å²) in [6.07, 6.45) is 1.46. The molecule has 0 amide bonds. The molecule has 2 heterocycles. The number of halogens is 1. The molecule has 2 aromatic rings. The lowest BCUT2D eigenvalue weighted by atomic mass is 10.1. The minimum absolute atomic E-state index is 0.134. The van der Waals surface area contributed by atoms with Crippen LogP contribution in [0.5, 0.6) is 0 Å². The van der Waals surface area contributed by atoms with E-state index in [1.54, 1.807) is 13.8 Å². The van der Waals surface area contributed by atoms with Gasteiger partial charge in [0.2, 0.25) is 5.15 Å². The van der Waals surface area contributed by atoms with Crippen molar-refractivity contribution in [3.05, 3.63) is 39.0 Å². The predicted molar refractivity (Wildman–Crippen MR) is 60.9 cm³/mol. The van der Waals surface area contributed by atoms with Crippen molar-refractivity contribution in [3.63, 3.8) is 0 Å². The largest absolute Gasteiger partial charge is 0.361 e. The van der Waals surface area contributed by atoms with E-state index in [0.717, 1.165) is 0 Å². The molecule has 0 fully saturated rings. The standard InChI is InChI=1S/C10H8ClN3O3/c1-5-9(6(2)17-13-5)7-3-8(14(15)16)10(11)12-4-7/h3-4H,1-2H3. The van der Waals surface area contributed by atoms with Crippen LogP contribution in [0.4, 0.5) is 5.69 Å². The molecule has 0 N–H and O–H groups in total. The molecule has 0 aliphatic carbocycles. The Labute approximate surface area is 101 Å². The average molecular weight is 254 g/mol. The minimum atomic E-state index is -0.572. The molecule has 0 aliphatic heterocycles. The van der Waals surface area contributed by atoms with Crippen LogP contribution < -0.4 is 0 Å². The van der Waals surface area contributed by atoms with Gasteiger partial charge < -0.3 is 4.52 Å². The van der Waals surface area contributed by atoms with Gasteiger partial charge in [0.25, 0.3) is 0 Å². The Balaban J connectivity index is 2.62. The molecule has 0 atom stereocenters. The van der Waals surface area contributed by atoms with Crippen LogP contribution in [0, 0.1) is 24.0 Å². The quantitative estimate of drug-likeness (QED) is 0.467. The molecule has 0 aliphatic rings. The van der Waals surface area contributed by atoms with Crippen LogP contribution >= 0.6 is 11.6 Å². The Bertz CT molecular complexity index is 575. The molecular formula is C10H8ClN3O3. The number of aryl methyl sites for hydroxylation is 2. The Morgan fingerprint density at radius 3 is 2.71 bits per heavy atom. The first-order chi connectivity index (χ1) is 8.00. The molecule has 0 aromatic carbocycles. The van der Waals surface area contributed by atoms with Gasteiger partial charge in [-0.2, -0.15) is 0 Å². The summed E-state index contributed by atoms with van der Waals surface area (Å²) in [5, 5.41) is 14.4. The first-order valence-electron chi connectivity index (χ1n) is 4.74. The van der Waals surface area contributed by atoms with Gasteiger partial charge in [0.15, 0.2) is 0 Å². The lowest BCUT2D eigenvalue weighted by Crippen LogP contribution is -1.93. The van der Waals surface area contributed by atoms with E-state index in [0.29, 0.717) is 22.6 Å². The third-order valence-corrected chi connectivity index (χ3v) is 2.63. The van der Waals surface area contributed by atoms with E-state index < -0.39 is 4.92 Å². The zero-order chi connectivity index (χ0) is 12.6. The topological polar surface area (TPSA) is 82.1 Å². The first-order valence-corrected chi connectivity index (χ1v) is 5.11. The van der Waals surface area contributed by atoms with Crippen LogP contribution in [0.3, 0.4) is 0 Å². The Morgan fingerprint density at radius 1 is 1.47 bits per heavy atom. The van der Waals surface area contributed by atoms with Crippen molar-refractivity contribution < 1.29 is 9.45 Å². The van der Waals surface area contributed by atoms with Gasteiger partial charge in [0.1, 0.15) is 5.76 Å². The molecule has 2 rings (SSSR count). The molecule has 0 saturated heterocycles. The molecule has 0 radical (unpaired) electrons. The van der Waals surface area contributed by atoms with Crippen LogP contribution in [0.2, 0.25) is 5.15 Å². The average Bonchev–Trinajstić information content (AvgIpc) is 2.59. The number of pyridine rings is 1. The summed E-state index contributed by atoms with van der Waals surface area (Å²) in [7, 11) is 0. The van der Waals surface area contributed by atoms with Gasteiger partial charge in [0, 0.05) is 23.4 Å². The summed E-state index contributed by atoms with van der Waals surface area (Å²) in [5.74, 6) is 0.584. The van der Waals surface area contributed by atoms with Gasteiger partial charge in [-0.1, -0.05) is 16.8 Å². The highest BCUT2D eigenvalue weighted by molar-refractivity contribution is 6.31. The Morgan fingerprint density at radius 2 is 2.18 bits per heavy atom. The van der Waals surface area contributed by atoms with E-state index in [4.69, 9.17) is 16.1 Å². The molecule has 17 heavy (non-hydrogen) atoms. The van der Waals surface area contributed by atoms with Crippen molar-refractivity contribution >= 4 is 17.3 Å². The fraction of sp³-hybridized carbons (Fsp3) is 0.200. The van der Waals surface area contributed by atoms with Gasteiger partial charge >= 0.3 is 5.69 Å². The molecule has 0 bridgehead atoms. The fourth-order valence-electron chi connectivity index (χ4n) is 1.60. The second-order valence-electron chi connectivity index (χ2n) is 3.49. The zero-order valence-electron chi connectivity index (χ0n) is 9.10. The van der Waals surface area contributed by atoms with Crippen molar-refractivity contribution in [2.45, 2.75) is 13.8 Å². The third kappa shape index (κ3) is 1.99. The molecule has 7 heteroatoms. The Hall–Kier alpha value is -1.95. The summed E-state index contributed by atoms with van der Waals surface area (Å²) in [6.45, 7) is 3.49. The first kappa shape index (κ1) is 11.5. The second-order valence-corrected chi connectivity index (χ2v) is 3.85. The van der Waals surface area contributed by atoms with Crippen molar-refractivity contribution in [2.24, 2.45) is 0 Å². The molecule has 0 spiro atoms. The summed E-state index contributed by atoms with van der Waals surface area (Å²) in [5.41, 5.74) is 1.69. The summed E-state index contributed by atoms with van der Waals surface area (Å²) >= 11 is 5.64. The van der Waals surface area contributed by atoms with E-state index in [9.17, 15) is 10.1 Å². The maximum absolute atomic E-state index is 10.8. The monoisotopic (exact) mass is 253 g/mol. The van der Waals surface area contributed by atoms with Crippen molar-refractivity contribution in [2.75, 3.05) is 0 Å². The molecule has 6 nitrogen and oxygen atoms in total. The van der Waals surface area contributed by atoms with Crippen molar-refractivity contribution in [1.29, 1.82) is 0 Å². The molecule has 0 saturated carbocycles. The maximum Gasteiger partial charge on any atom is 0.307 e. The van der Waals surface area contributed by atoms with Crippen LogP contribution in [-0.2, 0) is 0 Å². The number of hydrogen-bond donors (Lipinski definition) is 0. The maximum atomic E-state index is 10.8. The highest BCUT2D eigenvalue weighted by Gasteiger charge is 2.18. The minimum Gasteiger partial charge on any atom is -0.361 e. The number of hydrogen-bond acceptors (Lipinski definition) is 5. The van der Waals surface area contributed by atoms with Gasteiger partial charge in [-0.05, 0) is 13.8 Å². The van der Waals surface area contributed by atoms with Gasteiger partial charge in [0.05, 0.1) is 10.6 Å².